The summed E-state index contributed by atoms with van der Waals surface area (Å²) in [6.07, 6.45) is 6.23. The first-order valence-corrected chi connectivity index (χ1v) is 13.2. The molecule has 0 radical (unpaired) electrons. The number of hydrogen-bond donors (Lipinski definition) is 1. The minimum absolute atomic E-state index is 0.0623. The number of carbonyl (C=O) groups is 2. The number of halogens is 1. The molecule has 2 aromatic carbocycles. The van der Waals surface area contributed by atoms with Crippen molar-refractivity contribution in [2.24, 2.45) is 5.92 Å². The van der Waals surface area contributed by atoms with Crippen LogP contribution in [0.1, 0.15) is 48.0 Å². The Balaban J connectivity index is 1.46. The molecule has 188 valence electrons. The zero-order valence-corrected chi connectivity index (χ0v) is 21.1. The van der Waals surface area contributed by atoms with Crippen LogP contribution in [0.4, 0.5) is 4.39 Å². The predicted molar refractivity (Wildman–Crippen MR) is 135 cm³/mol. The van der Waals surface area contributed by atoms with E-state index in [2.05, 4.69) is 5.32 Å². The zero-order valence-electron chi connectivity index (χ0n) is 20.3. The van der Waals surface area contributed by atoms with Crippen LogP contribution in [-0.2, 0) is 11.2 Å². The van der Waals surface area contributed by atoms with Crippen molar-refractivity contribution in [1.82, 2.24) is 10.2 Å². The second-order valence-electron chi connectivity index (χ2n) is 9.09. The van der Waals surface area contributed by atoms with Crippen LogP contribution in [0, 0.1) is 11.7 Å². The van der Waals surface area contributed by atoms with Crippen LogP contribution in [0.2, 0.25) is 0 Å². The van der Waals surface area contributed by atoms with Gasteiger partial charge in [-0.3, -0.25) is 9.59 Å². The first-order chi connectivity index (χ1) is 17.0. The highest BCUT2D eigenvalue weighted by molar-refractivity contribution is 8.00. The summed E-state index contributed by atoms with van der Waals surface area (Å²) in [7, 11) is 3.18. The first kappa shape index (κ1) is 25.4. The van der Waals surface area contributed by atoms with Gasteiger partial charge in [0.05, 0.1) is 19.6 Å². The maximum atomic E-state index is 13.9. The molecule has 35 heavy (non-hydrogen) atoms. The van der Waals surface area contributed by atoms with Gasteiger partial charge >= 0.3 is 0 Å². The van der Waals surface area contributed by atoms with Crippen LogP contribution in [0.3, 0.4) is 0 Å². The third kappa shape index (κ3) is 5.92. The molecule has 0 bridgehead atoms. The molecule has 8 heteroatoms. The standard InChI is InChI=1S/C27H33FN2O4S/c1-33-23-12-11-18(15-24(23)34-2)13-14-29-25(31)22-17-35-27(19-7-4-3-5-8-19)30(22)26(32)20-9-6-10-21(28)16-20/h6,9-12,15-16,19,22,27H,3-5,7-8,13-14,17H2,1-2H3,(H,29,31). The SMILES string of the molecule is COc1ccc(CCNC(=O)C2CSC(C3CCCCC3)N2C(=O)c2cccc(F)c2)cc1OC. The Hall–Kier alpha value is -2.74. The molecular weight excluding hydrogens is 467 g/mol. The van der Waals surface area contributed by atoms with Crippen molar-refractivity contribution in [3.05, 3.63) is 59.4 Å². The van der Waals surface area contributed by atoms with Crippen molar-refractivity contribution in [3.8, 4) is 11.5 Å². The van der Waals surface area contributed by atoms with Gasteiger partial charge < -0.3 is 19.7 Å². The average Bonchev–Trinajstić information content (AvgIpc) is 3.34. The number of amides is 2. The molecule has 1 saturated carbocycles. The summed E-state index contributed by atoms with van der Waals surface area (Å²) in [5, 5.41) is 2.96. The number of rotatable bonds is 8. The van der Waals surface area contributed by atoms with Crippen LogP contribution < -0.4 is 14.8 Å². The Bertz CT molecular complexity index is 1040. The normalized spacial score (nSPS) is 20.5. The minimum atomic E-state index is -0.576. The Morgan fingerprint density at radius 2 is 1.83 bits per heavy atom. The lowest BCUT2D eigenvalue weighted by Crippen LogP contribution is -2.51. The van der Waals surface area contributed by atoms with Gasteiger partial charge in [-0.25, -0.2) is 4.39 Å². The maximum absolute atomic E-state index is 13.9. The number of methoxy groups -OCH3 is 2. The van der Waals surface area contributed by atoms with Gasteiger partial charge in [0.2, 0.25) is 5.91 Å². The lowest BCUT2D eigenvalue weighted by Gasteiger charge is -2.35. The van der Waals surface area contributed by atoms with Gasteiger partial charge in [0.15, 0.2) is 11.5 Å². The molecular formula is C27H33FN2O4S. The molecule has 2 aliphatic rings. The van der Waals surface area contributed by atoms with Gasteiger partial charge in [-0.15, -0.1) is 11.8 Å². The average molecular weight is 501 g/mol. The second-order valence-corrected chi connectivity index (χ2v) is 10.2. The van der Waals surface area contributed by atoms with E-state index in [0.29, 0.717) is 36.1 Å². The molecule has 2 atom stereocenters. The van der Waals surface area contributed by atoms with E-state index in [0.717, 1.165) is 31.2 Å². The molecule has 2 fully saturated rings. The van der Waals surface area contributed by atoms with E-state index >= 15 is 0 Å². The minimum Gasteiger partial charge on any atom is -0.493 e. The number of nitrogens with zero attached hydrogens (tertiary/aromatic N) is 1. The molecule has 2 unspecified atom stereocenters. The Morgan fingerprint density at radius 3 is 2.54 bits per heavy atom. The van der Waals surface area contributed by atoms with Crippen LogP contribution in [0.5, 0.6) is 11.5 Å². The highest BCUT2D eigenvalue weighted by Crippen LogP contribution is 2.41. The molecule has 1 N–H and O–H groups in total. The molecule has 6 nitrogen and oxygen atoms in total. The fraction of sp³-hybridized carbons (Fsp3) is 0.481. The van der Waals surface area contributed by atoms with Crippen molar-refractivity contribution < 1.29 is 23.5 Å². The molecule has 1 aliphatic heterocycles. The third-order valence-electron chi connectivity index (χ3n) is 6.86. The summed E-state index contributed by atoms with van der Waals surface area (Å²) >= 11 is 1.68. The lowest BCUT2D eigenvalue weighted by atomic mass is 9.88. The first-order valence-electron chi connectivity index (χ1n) is 12.2. The summed E-state index contributed by atoms with van der Waals surface area (Å²) in [5.74, 6) is 1.31. The van der Waals surface area contributed by atoms with Crippen LogP contribution in [-0.4, -0.2) is 54.6 Å². The summed E-state index contributed by atoms with van der Waals surface area (Å²) in [6, 6.07) is 10.9. The third-order valence-corrected chi connectivity index (χ3v) is 8.32. The number of nitrogens with one attached hydrogen (secondary N) is 1. The van der Waals surface area contributed by atoms with Crippen molar-refractivity contribution in [3.63, 3.8) is 0 Å². The molecule has 2 aromatic rings. The van der Waals surface area contributed by atoms with E-state index in [-0.39, 0.29) is 22.8 Å². The van der Waals surface area contributed by atoms with E-state index in [1.165, 1.54) is 18.6 Å². The van der Waals surface area contributed by atoms with Crippen molar-refractivity contribution in [2.45, 2.75) is 49.9 Å². The van der Waals surface area contributed by atoms with E-state index in [4.69, 9.17) is 9.47 Å². The van der Waals surface area contributed by atoms with E-state index in [1.807, 2.05) is 18.2 Å². The number of thioether (sulfide) groups is 1. The van der Waals surface area contributed by atoms with E-state index in [9.17, 15) is 14.0 Å². The maximum Gasteiger partial charge on any atom is 0.255 e. The van der Waals surface area contributed by atoms with E-state index in [1.54, 1.807) is 43.0 Å². The number of benzene rings is 2. The zero-order chi connectivity index (χ0) is 24.8. The lowest BCUT2D eigenvalue weighted by molar-refractivity contribution is -0.125. The highest BCUT2D eigenvalue weighted by atomic mass is 32.2. The number of hydrogen-bond acceptors (Lipinski definition) is 5. The summed E-state index contributed by atoms with van der Waals surface area (Å²) in [4.78, 5) is 28.5. The monoisotopic (exact) mass is 500 g/mol. The molecule has 2 amide bonds. The Morgan fingerprint density at radius 1 is 1.06 bits per heavy atom. The van der Waals surface area contributed by atoms with Crippen molar-refractivity contribution in [2.75, 3.05) is 26.5 Å². The van der Waals surface area contributed by atoms with Gasteiger partial charge in [-0.2, -0.15) is 0 Å². The fourth-order valence-electron chi connectivity index (χ4n) is 5.02. The predicted octanol–water partition coefficient (Wildman–Crippen LogP) is 4.67. The van der Waals surface area contributed by atoms with E-state index < -0.39 is 11.9 Å². The van der Waals surface area contributed by atoms with Gasteiger partial charge in [0.25, 0.3) is 5.91 Å². The van der Waals surface area contributed by atoms with Crippen LogP contribution >= 0.6 is 11.8 Å². The molecule has 1 saturated heterocycles. The molecule has 4 rings (SSSR count). The number of carbonyl (C=O) groups excluding carboxylic acids is 2. The molecule has 1 heterocycles. The summed E-state index contributed by atoms with van der Waals surface area (Å²) in [5.41, 5.74) is 1.30. The summed E-state index contributed by atoms with van der Waals surface area (Å²) in [6.45, 7) is 0.436. The Labute approximate surface area is 210 Å². The van der Waals surface area contributed by atoms with Crippen LogP contribution in [0.25, 0.3) is 0 Å². The topological polar surface area (TPSA) is 67.9 Å². The highest BCUT2D eigenvalue weighted by Gasteiger charge is 2.45. The fourth-order valence-corrected chi connectivity index (χ4v) is 6.66. The quantitative estimate of drug-likeness (QED) is 0.571. The van der Waals surface area contributed by atoms with Crippen LogP contribution in [0.15, 0.2) is 42.5 Å². The number of ether oxygens (including phenoxy) is 2. The molecule has 0 spiro atoms. The van der Waals surface area contributed by atoms with Gasteiger partial charge in [0.1, 0.15) is 11.9 Å². The largest absolute Gasteiger partial charge is 0.493 e. The van der Waals surface area contributed by atoms with Gasteiger partial charge in [0, 0.05) is 17.9 Å². The molecule has 0 aromatic heterocycles. The van der Waals surface area contributed by atoms with Crippen molar-refractivity contribution in [1.29, 1.82) is 0 Å². The van der Waals surface area contributed by atoms with Crippen molar-refractivity contribution >= 4 is 23.6 Å². The summed E-state index contributed by atoms with van der Waals surface area (Å²) < 4.78 is 24.5. The van der Waals surface area contributed by atoms with Gasteiger partial charge in [-0.05, 0) is 61.1 Å². The van der Waals surface area contributed by atoms with Gasteiger partial charge in [-0.1, -0.05) is 31.4 Å². The smallest absolute Gasteiger partial charge is 0.255 e. The second kappa shape index (κ2) is 11.8. The Kier molecular flexibility index (Phi) is 8.55. The molecule has 1 aliphatic carbocycles.